The van der Waals surface area contributed by atoms with Crippen molar-refractivity contribution in [2.45, 2.75) is 4.90 Å². The molecule has 1 heterocycles. The number of fused-ring (bicyclic) bond motifs is 1. The van der Waals surface area contributed by atoms with Crippen molar-refractivity contribution in [2.75, 3.05) is 17.9 Å². The van der Waals surface area contributed by atoms with E-state index in [1.54, 1.807) is 0 Å². The van der Waals surface area contributed by atoms with Gasteiger partial charge in [0.1, 0.15) is 19.0 Å². The molecule has 0 saturated carbocycles. The second kappa shape index (κ2) is 6.07. The monoisotopic (exact) mass is 377 g/mol. The van der Waals surface area contributed by atoms with Crippen molar-refractivity contribution in [2.24, 2.45) is 0 Å². The number of sulfonamides is 1. The van der Waals surface area contributed by atoms with Crippen LogP contribution in [0.25, 0.3) is 0 Å². The molecule has 0 aromatic heterocycles. The number of hydrogen-bond acceptors (Lipinski definition) is 4. The summed E-state index contributed by atoms with van der Waals surface area (Å²) in [5, 5.41) is -0.146. The SMILES string of the molecule is O=S(=O)(Nc1cc2c(cc1Cl)OCCO2)c1ccc(F)c(Cl)c1. The Labute approximate surface area is 142 Å². The van der Waals surface area contributed by atoms with Gasteiger partial charge in [0.2, 0.25) is 0 Å². The van der Waals surface area contributed by atoms with Crippen molar-refractivity contribution in [1.82, 2.24) is 0 Å². The van der Waals surface area contributed by atoms with E-state index in [4.69, 9.17) is 32.7 Å². The molecule has 0 fully saturated rings. The Morgan fingerprint density at radius 3 is 2.30 bits per heavy atom. The number of hydrogen-bond donors (Lipinski definition) is 1. The van der Waals surface area contributed by atoms with E-state index >= 15 is 0 Å². The van der Waals surface area contributed by atoms with Gasteiger partial charge in [0.05, 0.1) is 20.6 Å². The van der Waals surface area contributed by atoms with E-state index in [1.165, 1.54) is 12.1 Å². The van der Waals surface area contributed by atoms with Crippen LogP contribution >= 0.6 is 23.2 Å². The molecule has 1 N–H and O–H groups in total. The molecule has 0 aliphatic carbocycles. The van der Waals surface area contributed by atoms with Crippen LogP contribution in [0.5, 0.6) is 11.5 Å². The predicted molar refractivity (Wildman–Crippen MR) is 84.7 cm³/mol. The Balaban J connectivity index is 1.95. The molecule has 122 valence electrons. The Bertz CT molecular complexity index is 873. The molecule has 0 amide bonds. The third kappa shape index (κ3) is 3.31. The number of benzene rings is 2. The summed E-state index contributed by atoms with van der Waals surface area (Å²) in [5.41, 5.74) is 0.122. The minimum Gasteiger partial charge on any atom is -0.486 e. The smallest absolute Gasteiger partial charge is 0.261 e. The van der Waals surface area contributed by atoms with Gasteiger partial charge in [0, 0.05) is 12.1 Å². The zero-order valence-corrected chi connectivity index (χ0v) is 13.8. The maximum atomic E-state index is 13.2. The Hall–Kier alpha value is -1.70. The fourth-order valence-electron chi connectivity index (χ4n) is 1.99. The summed E-state index contributed by atoms with van der Waals surface area (Å²) in [5.74, 6) is 0.118. The second-order valence-electron chi connectivity index (χ2n) is 4.66. The van der Waals surface area contributed by atoms with Gasteiger partial charge >= 0.3 is 0 Å². The second-order valence-corrected chi connectivity index (χ2v) is 7.15. The molecule has 0 bridgehead atoms. The molecular weight excluding hydrogens is 368 g/mol. The van der Waals surface area contributed by atoms with Gasteiger partial charge in [0.15, 0.2) is 11.5 Å². The van der Waals surface area contributed by atoms with Gasteiger partial charge in [-0.25, -0.2) is 12.8 Å². The summed E-state index contributed by atoms with van der Waals surface area (Å²) in [6.45, 7) is 0.747. The molecule has 0 radical (unpaired) electrons. The topological polar surface area (TPSA) is 64.6 Å². The number of ether oxygens (including phenoxy) is 2. The average molecular weight is 378 g/mol. The predicted octanol–water partition coefficient (Wildman–Crippen LogP) is 3.70. The number of rotatable bonds is 3. The van der Waals surface area contributed by atoms with Crippen molar-refractivity contribution in [1.29, 1.82) is 0 Å². The standard InChI is InChI=1S/C14H10Cl2FNO4S/c15-9-5-8(1-2-11(9)17)23(19,20)18-12-7-14-13(6-10(12)16)21-3-4-22-14/h1-2,5-7,18H,3-4H2. The molecule has 0 atom stereocenters. The molecular formula is C14H10Cl2FNO4S. The minimum absolute atomic E-state index is 0.122. The molecule has 2 aromatic rings. The van der Waals surface area contributed by atoms with Crippen LogP contribution in [0.2, 0.25) is 10.0 Å². The average Bonchev–Trinajstić information content (AvgIpc) is 2.50. The molecule has 2 aromatic carbocycles. The maximum absolute atomic E-state index is 13.2. The quantitative estimate of drug-likeness (QED) is 0.885. The lowest BCUT2D eigenvalue weighted by Gasteiger charge is -2.20. The van der Waals surface area contributed by atoms with Crippen molar-refractivity contribution in [3.05, 3.63) is 46.2 Å². The molecule has 1 aliphatic heterocycles. The van der Waals surface area contributed by atoms with Gasteiger partial charge in [-0.3, -0.25) is 4.72 Å². The lowest BCUT2D eigenvalue weighted by Crippen LogP contribution is -2.17. The number of nitrogens with one attached hydrogen (secondary N) is 1. The van der Waals surface area contributed by atoms with Crippen molar-refractivity contribution >= 4 is 38.9 Å². The molecule has 5 nitrogen and oxygen atoms in total. The fourth-order valence-corrected chi connectivity index (χ4v) is 3.59. The van der Waals surface area contributed by atoms with E-state index in [-0.39, 0.29) is 20.6 Å². The third-order valence-corrected chi connectivity index (χ3v) is 5.04. The van der Waals surface area contributed by atoms with Crippen molar-refractivity contribution < 1.29 is 22.3 Å². The first-order valence-electron chi connectivity index (χ1n) is 6.44. The summed E-state index contributed by atoms with van der Waals surface area (Å²) in [7, 11) is -3.98. The highest BCUT2D eigenvalue weighted by molar-refractivity contribution is 7.92. The van der Waals surface area contributed by atoms with E-state index in [2.05, 4.69) is 4.72 Å². The van der Waals surface area contributed by atoms with E-state index < -0.39 is 15.8 Å². The molecule has 0 unspecified atom stereocenters. The lowest BCUT2D eigenvalue weighted by molar-refractivity contribution is 0.171. The normalized spacial score (nSPS) is 13.7. The van der Waals surface area contributed by atoms with E-state index in [0.29, 0.717) is 24.7 Å². The third-order valence-electron chi connectivity index (χ3n) is 3.08. The van der Waals surface area contributed by atoms with Crippen LogP contribution in [0.1, 0.15) is 0 Å². The molecule has 0 saturated heterocycles. The summed E-state index contributed by atoms with van der Waals surface area (Å²) < 4.78 is 51.0. The van der Waals surface area contributed by atoms with Crippen LogP contribution in [-0.4, -0.2) is 21.6 Å². The molecule has 3 rings (SSSR count). The molecule has 23 heavy (non-hydrogen) atoms. The zero-order chi connectivity index (χ0) is 16.6. The van der Waals surface area contributed by atoms with Gasteiger partial charge in [-0.15, -0.1) is 0 Å². The van der Waals surface area contributed by atoms with Crippen LogP contribution < -0.4 is 14.2 Å². The number of anilines is 1. The van der Waals surface area contributed by atoms with Gasteiger partial charge in [-0.1, -0.05) is 23.2 Å². The largest absolute Gasteiger partial charge is 0.486 e. The van der Waals surface area contributed by atoms with Gasteiger partial charge in [-0.2, -0.15) is 0 Å². The molecule has 1 aliphatic rings. The van der Waals surface area contributed by atoms with Gasteiger partial charge in [-0.05, 0) is 18.2 Å². The fraction of sp³-hybridized carbons (Fsp3) is 0.143. The van der Waals surface area contributed by atoms with Gasteiger partial charge in [0.25, 0.3) is 10.0 Å². The highest BCUT2D eigenvalue weighted by atomic mass is 35.5. The van der Waals surface area contributed by atoms with Crippen LogP contribution in [-0.2, 0) is 10.0 Å². The Morgan fingerprint density at radius 1 is 1.00 bits per heavy atom. The summed E-state index contributed by atoms with van der Waals surface area (Å²) in [6.07, 6.45) is 0. The van der Waals surface area contributed by atoms with Crippen LogP contribution in [0.3, 0.4) is 0 Å². The van der Waals surface area contributed by atoms with Crippen LogP contribution in [0.15, 0.2) is 35.2 Å². The summed E-state index contributed by atoms with van der Waals surface area (Å²) >= 11 is 11.7. The van der Waals surface area contributed by atoms with Crippen LogP contribution in [0, 0.1) is 5.82 Å². The zero-order valence-electron chi connectivity index (χ0n) is 11.5. The summed E-state index contributed by atoms with van der Waals surface area (Å²) in [4.78, 5) is -0.185. The van der Waals surface area contributed by atoms with E-state index in [0.717, 1.165) is 18.2 Å². The Kier molecular flexibility index (Phi) is 4.27. The first kappa shape index (κ1) is 16.2. The first-order valence-corrected chi connectivity index (χ1v) is 8.68. The first-order chi connectivity index (χ1) is 10.9. The maximum Gasteiger partial charge on any atom is 0.261 e. The van der Waals surface area contributed by atoms with E-state index in [1.807, 2.05) is 0 Å². The number of halogens is 3. The molecule has 9 heteroatoms. The van der Waals surface area contributed by atoms with Crippen molar-refractivity contribution in [3.8, 4) is 11.5 Å². The molecule has 0 spiro atoms. The minimum atomic E-state index is -3.98. The van der Waals surface area contributed by atoms with Gasteiger partial charge < -0.3 is 9.47 Å². The van der Waals surface area contributed by atoms with Crippen LogP contribution in [0.4, 0.5) is 10.1 Å². The van der Waals surface area contributed by atoms with E-state index in [9.17, 15) is 12.8 Å². The highest BCUT2D eigenvalue weighted by Crippen LogP contribution is 2.38. The lowest BCUT2D eigenvalue weighted by atomic mass is 10.2. The highest BCUT2D eigenvalue weighted by Gasteiger charge is 2.21. The summed E-state index contributed by atoms with van der Waals surface area (Å²) in [6, 6.07) is 5.99. The Morgan fingerprint density at radius 2 is 1.65 bits per heavy atom. The van der Waals surface area contributed by atoms with Crippen molar-refractivity contribution in [3.63, 3.8) is 0 Å².